The number of carboxylic acids is 1. The third-order valence-electron chi connectivity index (χ3n) is 3.67. The quantitative estimate of drug-likeness (QED) is 0.818. The van der Waals surface area contributed by atoms with Gasteiger partial charge in [0.2, 0.25) is 0 Å². The maximum atomic E-state index is 11.1. The van der Waals surface area contributed by atoms with Gasteiger partial charge in [-0.25, -0.2) is 0 Å². The fraction of sp³-hybridized carbons (Fsp3) is 0.471. The zero-order valence-electron chi connectivity index (χ0n) is 12.5. The van der Waals surface area contributed by atoms with E-state index in [0.29, 0.717) is 13.2 Å². The Balaban J connectivity index is 1.88. The summed E-state index contributed by atoms with van der Waals surface area (Å²) in [6.07, 6.45) is 1.75. The van der Waals surface area contributed by atoms with E-state index >= 15 is 0 Å². The predicted octanol–water partition coefficient (Wildman–Crippen LogP) is 2.94. The topological polar surface area (TPSA) is 49.8 Å². The van der Waals surface area contributed by atoms with Crippen LogP contribution in [0.4, 0.5) is 0 Å². The second-order valence-corrected chi connectivity index (χ2v) is 5.80. The first-order valence-corrected chi connectivity index (χ1v) is 7.36. The van der Waals surface area contributed by atoms with Crippen molar-refractivity contribution in [1.82, 2.24) is 4.90 Å². The van der Waals surface area contributed by atoms with E-state index in [0.717, 1.165) is 37.3 Å². The highest BCUT2D eigenvalue weighted by atomic mass is 16.5. The van der Waals surface area contributed by atoms with Crippen molar-refractivity contribution < 1.29 is 14.6 Å². The lowest BCUT2D eigenvalue weighted by atomic mass is 9.98. The molecule has 1 N–H and O–H groups in total. The summed E-state index contributed by atoms with van der Waals surface area (Å²) < 4.78 is 5.57. The van der Waals surface area contributed by atoms with E-state index in [-0.39, 0.29) is 5.92 Å². The van der Waals surface area contributed by atoms with E-state index in [1.165, 1.54) is 5.56 Å². The number of benzene rings is 1. The molecular weight excluding hydrogens is 266 g/mol. The summed E-state index contributed by atoms with van der Waals surface area (Å²) in [6, 6.07) is 7.99. The Kier molecular flexibility index (Phi) is 5.39. The van der Waals surface area contributed by atoms with Crippen molar-refractivity contribution in [3.8, 4) is 5.75 Å². The molecule has 114 valence electrons. The van der Waals surface area contributed by atoms with E-state index in [1.54, 1.807) is 0 Å². The molecule has 1 fully saturated rings. The minimum absolute atomic E-state index is 0.225. The second kappa shape index (κ2) is 7.27. The van der Waals surface area contributed by atoms with Crippen LogP contribution >= 0.6 is 0 Å². The zero-order valence-corrected chi connectivity index (χ0v) is 12.5. The number of aliphatic carboxylic acids is 1. The molecule has 2 rings (SSSR count). The summed E-state index contributed by atoms with van der Waals surface area (Å²) >= 11 is 0. The van der Waals surface area contributed by atoms with Gasteiger partial charge >= 0.3 is 5.97 Å². The number of likely N-dealkylation sites (tertiary alicyclic amines) is 1. The van der Waals surface area contributed by atoms with Gasteiger partial charge in [0.1, 0.15) is 12.4 Å². The number of hydrogen-bond donors (Lipinski definition) is 1. The molecule has 1 heterocycles. The van der Waals surface area contributed by atoms with Gasteiger partial charge in [0.25, 0.3) is 0 Å². The first kappa shape index (κ1) is 15.6. The summed E-state index contributed by atoms with van der Waals surface area (Å²) in [6.45, 7) is 8.68. The maximum Gasteiger partial charge on any atom is 0.307 e. The van der Waals surface area contributed by atoms with Crippen LogP contribution in [-0.2, 0) is 11.3 Å². The Bertz CT molecular complexity index is 495. The van der Waals surface area contributed by atoms with E-state index in [2.05, 4.69) is 11.5 Å². The molecular formula is C17H23NO3. The Morgan fingerprint density at radius 1 is 1.43 bits per heavy atom. The average molecular weight is 289 g/mol. The largest absolute Gasteiger partial charge is 0.489 e. The van der Waals surface area contributed by atoms with Crippen molar-refractivity contribution in [3.05, 3.63) is 42.0 Å². The van der Waals surface area contributed by atoms with E-state index in [4.69, 9.17) is 9.84 Å². The molecule has 0 saturated carbocycles. The van der Waals surface area contributed by atoms with Crippen LogP contribution in [-0.4, -0.2) is 35.7 Å². The van der Waals surface area contributed by atoms with Gasteiger partial charge in [-0.2, -0.15) is 0 Å². The first-order chi connectivity index (χ1) is 10.0. The Hall–Kier alpha value is -1.81. The maximum absolute atomic E-state index is 11.1. The molecule has 0 radical (unpaired) electrons. The van der Waals surface area contributed by atoms with Gasteiger partial charge in [-0.15, -0.1) is 0 Å². The van der Waals surface area contributed by atoms with Gasteiger partial charge in [0.15, 0.2) is 0 Å². The second-order valence-electron chi connectivity index (χ2n) is 5.80. The SMILES string of the molecule is C=C(C)COc1ccc(CN2CCCC(C(=O)O)C2)cc1. The van der Waals surface area contributed by atoms with Crippen LogP contribution < -0.4 is 4.74 Å². The fourth-order valence-corrected chi connectivity index (χ4v) is 2.56. The number of nitrogens with zero attached hydrogens (tertiary/aromatic N) is 1. The summed E-state index contributed by atoms with van der Waals surface area (Å²) in [5, 5.41) is 9.11. The first-order valence-electron chi connectivity index (χ1n) is 7.36. The number of rotatable bonds is 6. The minimum Gasteiger partial charge on any atom is -0.489 e. The van der Waals surface area contributed by atoms with Crippen molar-refractivity contribution in [2.24, 2.45) is 5.92 Å². The number of hydrogen-bond acceptors (Lipinski definition) is 3. The lowest BCUT2D eigenvalue weighted by molar-refractivity contribution is -0.143. The van der Waals surface area contributed by atoms with Crippen LogP contribution in [0.1, 0.15) is 25.3 Å². The van der Waals surface area contributed by atoms with Crippen LogP contribution in [0.25, 0.3) is 0 Å². The number of ether oxygens (including phenoxy) is 1. The smallest absolute Gasteiger partial charge is 0.307 e. The summed E-state index contributed by atoms with van der Waals surface area (Å²) in [5.41, 5.74) is 2.18. The van der Waals surface area contributed by atoms with E-state index in [9.17, 15) is 4.79 Å². The van der Waals surface area contributed by atoms with Gasteiger partial charge in [-0.05, 0) is 49.6 Å². The van der Waals surface area contributed by atoms with E-state index < -0.39 is 5.97 Å². The number of piperidine rings is 1. The van der Waals surface area contributed by atoms with Gasteiger partial charge in [0, 0.05) is 13.1 Å². The molecule has 1 aliphatic heterocycles. The molecule has 0 bridgehead atoms. The van der Waals surface area contributed by atoms with Crippen LogP contribution in [0.15, 0.2) is 36.4 Å². The highest BCUT2D eigenvalue weighted by Crippen LogP contribution is 2.20. The third kappa shape index (κ3) is 4.90. The summed E-state index contributed by atoms with van der Waals surface area (Å²) in [7, 11) is 0. The molecule has 4 nitrogen and oxygen atoms in total. The standard InChI is InChI=1S/C17H23NO3/c1-13(2)12-21-16-7-5-14(6-8-16)10-18-9-3-4-15(11-18)17(19)20/h5-8,15H,1,3-4,9-12H2,2H3,(H,19,20). The average Bonchev–Trinajstić information content (AvgIpc) is 2.47. The lowest BCUT2D eigenvalue weighted by Gasteiger charge is -2.30. The van der Waals surface area contributed by atoms with Crippen molar-refractivity contribution in [2.45, 2.75) is 26.3 Å². The summed E-state index contributed by atoms with van der Waals surface area (Å²) in [5.74, 6) is -0.0658. The Morgan fingerprint density at radius 3 is 2.76 bits per heavy atom. The van der Waals surface area contributed by atoms with Crippen molar-refractivity contribution in [3.63, 3.8) is 0 Å². The third-order valence-corrected chi connectivity index (χ3v) is 3.67. The van der Waals surface area contributed by atoms with Crippen LogP contribution in [0.2, 0.25) is 0 Å². The molecule has 0 aromatic heterocycles. The lowest BCUT2D eigenvalue weighted by Crippen LogP contribution is -2.38. The molecule has 1 aromatic rings. The van der Waals surface area contributed by atoms with Crippen LogP contribution in [0, 0.1) is 5.92 Å². The van der Waals surface area contributed by atoms with Crippen molar-refractivity contribution in [2.75, 3.05) is 19.7 Å². The molecule has 21 heavy (non-hydrogen) atoms. The monoisotopic (exact) mass is 289 g/mol. The van der Waals surface area contributed by atoms with Gasteiger partial charge < -0.3 is 9.84 Å². The Labute approximate surface area is 126 Å². The molecule has 1 saturated heterocycles. The Morgan fingerprint density at radius 2 is 2.14 bits per heavy atom. The highest BCUT2D eigenvalue weighted by molar-refractivity contribution is 5.70. The molecule has 1 atom stereocenters. The number of carbonyl (C=O) groups is 1. The molecule has 4 heteroatoms. The molecule has 0 amide bonds. The van der Waals surface area contributed by atoms with Gasteiger partial charge in [-0.3, -0.25) is 9.69 Å². The highest BCUT2D eigenvalue weighted by Gasteiger charge is 2.25. The predicted molar refractivity (Wildman–Crippen MR) is 82.4 cm³/mol. The normalized spacial score (nSPS) is 19.2. The molecule has 0 aliphatic carbocycles. The zero-order chi connectivity index (χ0) is 15.2. The van der Waals surface area contributed by atoms with Crippen LogP contribution in [0.5, 0.6) is 5.75 Å². The van der Waals surface area contributed by atoms with Gasteiger partial charge in [0.05, 0.1) is 5.92 Å². The minimum atomic E-state index is -0.678. The molecule has 1 unspecified atom stereocenters. The van der Waals surface area contributed by atoms with Crippen molar-refractivity contribution in [1.29, 1.82) is 0 Å². The number of carboxylic acid groups (broad SMARTS) is 1. The van der Waals surface area contributed by atoms with E-state index in [1.807, 2.05) is 31.2 Å². The molecule has 1 aromatic carbocycles. The van der Waals surface area contributed by atoms with Gasteiger partial charge in [-0.1, -0.05) is 18.7 Å². The fourth-order valence-electron chi connectivity index (χ4n) is 2.56. The summed E-state index contributed by atoms with van der Waals surface area (Å²) in [4.78, 5) is 13.3. The molecule has 0 spiro atoms. The molecule has 1 aliphatic rings. The van der Waals surface area contributed by atoms with Crippen molar-refractivity contribution >= 4 is 5.97 Å². The van der Waals surface area contributed by atoms with Crippen LogP contribution in [0.3, 0.4) is 0 Å².